The number of halogens is 2. The number of hydrogen-bond acceptors (Lipinski definition) is 4. The Labute approximate surface area is 99.6 Å². The third-order valence-electron chi connectivity index (χ3n) is 1.47. The van der Waals surface area contributed by atoms with Crippen molar-refractivity contribution in [3.05, 3.63) is 14.9 Å². The first-order valence-electron chi connectivity index (χ1n) is 3.37. The monoisotopic (exact) mass is 319 g/mol. The molecule has 1 rings (SSSR count). The van der Waals surface area contributed by atoms with Crippen LogP contribution in [0.5, 0.6) is 0 Å². The van der Waals surface area contributed by atoms with Crippen LogP contribution in [0.1, 0.15) is 0 Å². The van der Waals surface area contributed by atoms with E-state index in [1.807, 2.05) is 0 Å². The van der Waals surface area contributed by atoms with Crippen LogP contribution in [0.15, 0.2) is 14.1 Å². The van der Waals surface area contributed by atoms with Gasteiger partial charge in [-0.1, -0.05) is 16.1 Å². The van der Waals surface area contributed by atoms with Crippen LogP contribution < -0.4 is 0 Å². The normalized spacial score (nSPS) is 12.4. The number of sulfonamides is 1. The molecule has 0 amide bonds. The summed E-state index contributed by atoms with van der Waals surface area (Å²) in [6.07, 6.45) is 0. The van der Waals surface area contributed by atoms with Gasteiger partial charge in [-0.05, 0) is 22.0 Å². The summed E-state index contributed by atoms with van der Waals surface area (Å²) in [4.78, 5) is 4.61. The molecule has 80 valence electrons. The van der Waals surface area contributed by atoms with Gasteiger partial charge >= 0.3 is 0 Å². The second-order valence-corrected chi connectivity index (χ2v) is 7.22. The lowest BCUT2D eigenvalue weighted by Crippen LogP contribution is -2.24. The average Bonchev–Trinajstić information content (AvgIpc) is 2.46. The van der Waals surface area contributed by atoms with Gasteiger partial charge in [-0.2, -0.15) is 0 Å². The van der Waals surface area contributed by atoms with Crippen molar-refractivity contribution >= 4 is 48.9 Å². The smallest absolute Gasteiger partial charge is 0.274 e. The van der Waals surface area contributed by atoms with Crippen LogP contribution in [-0.4, -0.2) is 27.0 Å². The molecule has 0 atom stereocenters. The first-order chi connectivity index (χ1) is 6.39. The Balaban J connectivity index is 3.17. The zero-order valence-electron chi connectivity index (χ0n) is 7.32. The van der Waals surface area contributed by atoms with Gasteiger partial charge in [0.2, 0.25) is 0 Å². The van der Waals surface area contributed by atoms with Crippen molar-refractivity contribution < 1.29 is 13.3 Å². The summed E-state index contributed by atoms with van der Waals surface area (Å²) in [5, 5.41) is 0.373. The largest absolute Gasteiger partial charge is 0.288 e. The molecule has 0 fully saturated rings. The summed E-state index contributed by atoms with van der Waals surface area (Å²) in [5.41, 5.74) is 0. The Hall–Kier alpha value is 0.340. The van der Waals surface area contributed by atoms with Gasteiger partial charge < -0.3 is 0 Å². The van der Waals surface area contributed by atoms with Crippen LogP contribution in [0.4, 0.5) is 0 Å². The maximum Gasteiger partial charge on any atom is 0.274 e. The molecule has 0 aliphatic heterocycles. The lowest BCUT2D eigenvalue weighted by Gasteiger charge is -2.11. The quantitative estimate of drug-likeness (QED) is 0.803. The first kappa shape index (κ1) is 12.4. The topological polar surface area (TPSA) is 46.6 Å². The number of hydroxylamine groups is 1. The molecule has 0 N–H and O–H groups in total. The maximum atomic E-state index is 11.7. The van der Waals surface area contributed by atoms with E-state index in [0.717, 1.165) is 15.8 Å². The Kier molecular flexibility index (Phi) is 3.95. The molecule has 0 aliphatic carbocycles. The molecule has 1 aromatic heterocycles. The Morgan fingerprint density at radius 1 is 1.64 bits per heavy atom. The predicted octanol–water partition coefficient (Wildman–Crippen LogP) is 2.35. The Bertz CT molecular complexity index is 411. The second-order valence-electron chi connectivity index (χ2n) is 2.28. The molecule has 0 aliphatic rings. The van der Waals surface area contributed by atoms with E-state index in [9.17, 15) is 8.42 Å². The van der Waals surface area contributed by atoms with Gasteiger partial charge in [0, 0.05) is 7.05 Å². The van der Waals surface area contributed by atoms with Crippen LogP contribution in [0.3, 0.4) is 0 Å². The van der Waals surface area contributed by atoms with Crippen molar-refractivity contribution in [2.75, 3.05) is 14.2 Å². The standard InChI is InChI=1S/C6H7BrClNO3S2/c1-9(12-2)14(10,11)5-3-4(8)6(7)13-5/h3H,1-2H3. The molecule has 0 radical (unpaired) electrons. The van der Waals surface area contributed by atoms with Crippen LogP contribution in [-0.2, 0) is 14.9 Å². The van der Waals surface area contributed by atoms with Gasteiger partial charge in [0.05, 0.1) is 15.9 Å². The van der Waals surface area contributed by atoms with Crippen LogP contribution in [0.2, 0.25) is 5.02 Å². The first-order valence-corrected chi connectivity index (χ1v) is 6.80. The molecule has 14 heavy (non-hydrogen) atoms. The second kappa shape index (κ2) is 4.46. The van der Waals surface area contributed by atoms with E-state index < -0.39 is 10.0 Å². The van der Waals surface area contributed by atoms with E-state index >= 15 is 0 Å². The summed E-state index contributed by atoms with van der Waals surface area (Å²) in [6, 6.07) is 1.38. The summed E-state index contributed by atoms with van der Waals surface area (Å²) in [6.45, 7) is 0. The number of thiophene rings is 1. The molecule has 0 aromatic carbocycles. The predicted molar refractivity (Wildman–Crippen MR) is 59.0 cm³/mol. The molecular formula is C6H7BrClNO3S2. The summed E-state index contributed by atoms with van der Waals surface area (Å²) in [5.74, 6) is 0. The third-order valence-corrected chi connectivity index (χ3v) is 6.08. The molecule has 0 unspecified atom stereocenters. The third kappa shape index (κ3) is 2.29. The van der Waals surface area contributed by atoms with Crippen LogP contribution in [0.25, 0.3) is 0 Å². The van der Waals surface area contributed by atoms with E-state index in [-0.39, 0.29) is 4.21 Å². The molecule has 0 bridgehead atoms. The lowest BCUT2D eigenvalue weighted by molar-refractivity contribution is -0.0256. The molecule has 4 nitrogen and oxygen atoms in total. The van der Waals surface area contributed by atoms with E-state index in [4.69, 9.17) is 11.6 Å². The van der Waals surface area contributed by atoms with E-state index in [1.165, 1.54) is 20.2 Å². The van der Waals surface area contributed by atoms with Gasteiger partial charge in [-0.25, -0.2) is 8.42 Å². The van der Waals surface area contributed by atoms with E-state index in [1.54, 1.807) is 0 Å². The minimum atomic E-state index is -3.58. The van der Waals surface area contributed by atoms with Crippen molar-refractivity contribution in [1.29, 1.82) is 0 Å². The van der Waals surface area contributed by atoms with Crippen molar-refractivity contribution in [2.45, 2.75) is 4.21 Å². The van der Waals surface area contributed by atoms with Crippen LogP contribution >= 0.6 is 38.9 Å². The SMILES string of the molecule is CON(C)S(=O)(=O)c1cc(Cl)c(Br)s1. The highest BCUT2D eigenvalue weighted by Gasteiger charge is 2.24. The van der Waals surface area contributed by atoms with Gasteiger partial charge in [0.25, 0.3) is 10.0 Å². The fraction of sp³-hybridized carbons (Fsp3) is 0.333. The number of nitrogens with zero attached hydrogens (tertiary/aromatic N) is 1. The Morgan fingerprint density at radius 3 is 2.57 bits per heavy atom. The average molecular weight is 321 g/mol. The molecule has 0 saturated heterocycles. The van der Waals surface area contributed by atoms with Gasteiger partial charge in [-0.3, -0.25) is 4.84 Å². The minimum absolute atomic E-state index is 0.138. The fourth-order valence-corrected chi connectivity index (χ4v) is 4.20. The van der Waals surface area contributed by atoms with Crippen molar-refractivity contribution in [3.8, 4) is 0 Å². The summed E-state index contributed by atoms with van der Waals surface area (Å²) < 4.78 is 24.8. The van der Waals surface area contributed by atoms with Crippen molar-refractivity contribution in [3.63, 3.8) is 0 Å². The van der Waals surface area contributed by atoms with Gasteiger partial charge in [-0.15, -0.1) is 11.3 Å². The highest BCUT2D eigenvalue weighted by Crippen LogP contribution is 2.35. The molecule has 0 spiro atoms. The van der Waals surface area contributed by atoms with Crippen LogP contribution in [0, 0.1) is 0 Å². The minimum Gasteiger partial charge on any atom is -0.288 e. The maximum absolute atomic E-state index is 11.7. The van der Waals surface area contributed by atoms with Gasteiger partial charge in [0.15, 0.2) is 0 Å². The van der Waals surface area contributed by atoms with E-state index in [2.05, 4.69) is 20.8 Å². The summed E-state index contributed by atoms with van der Waals surface area (Å²) >= 11 is 9.91. The highest BCUT2D eigenvalue weighted by atomic mass is 79.9. The Morgan fingerprint density at radius 2 is 2.21 bits per heavy atom. The van der Waals surface area contributed by atoms with Gasteiger partial charge in [0.1, 0.15) is 4.21 Å². The molecule has 1 heterocycles. The number of rotatable bonds is 3. The molecule has 8 heteroatoms. The molecular weight excluding hydrogens is 314 g/mol. The lowest BCUT2D eigenvalue weighted by atomic mass is 10.7. The zero-order chi connectivity index (χ0) is 10.9. The number of hydrogen-bond donors (Lipinski definition) is 0. The van der Waals surface area contributed by atoms with Crippen molar-refractivity contribution in [2.24, 2.45) is 0 Å². The zero-order valence-corrected chi connectivity index (χ0v) is 11.3. The summed E-state index contributed by atoms with van der Waals surface area (Å²) in [7, 11) is -0.980. The molecule has 0 saturated carbocycles. The van der Waals surface area contributed by atoms with E-state index in [0.29, 0.717) is 8.81 Å². The highest BCUT2D eigenvalue weighted by molar-refractivity contribution is 9.11. The fourth-order valence-electron chi connectivity index (χ4n) is 0.679. The molecule has 1 aromatic rings. The van der Waals surface area contributed by atoms with Crippen molar-refractivity contribution in [1.82, 2.24) is 4.47 Å².